The number of amides is 1. The molecule has 0 bridgehead atoms. The van der Waals surface area contributed by atoms with Gasteiger partial charge in [-0.25, -0.2) is 4.98 Å². The topological polar surface area (TPSA) is 69.9 Å². The lowest BCUT2D eigenvalue weighted by molar-refractivity contribution is 0.0910. The molecule has 25 heavy (non-hydrogen) atoms. The summed E-state index contributed by atoms with van der Waals surface area (Å²) < 4.78 is 1.75. The highest BCUT2D eigenvalue weighted by Crippen LogP contribution is 2.18. The SMILES string of the molecule is Cc1nc2ccccn2c1C(=O)NC[C@@H](O)c1ccc(N(C)C)cc1. The number of aryl methyl sites for hydroxylation is 1. The second-order valence-corrected chi connectivity index (χ2v) is 6.19. The maximum absolute atomic E-state index is 12.5. The van der Waals surface area contributed by atoms with Crippen LogP contribution in [0.3, 0.4) is 0 Å². The number of nitrogens with one attached hydrogen (secondary N) is 1. The van der Waals surface area contributed by atoms with Crippen LogP contribution >= 0.6 is 0 Å². The average molecular weight is 338 g/mol. The van der Waals surface area contributed by atoms with Gasteiger partial charge in [0.2, 0.25) is 0 Å². The highest BCUT2D eigenvalue weighted by atomic mass is 16.3. The molecule has 1 amide bonds. The Labute approximate surface area is 146 Å². The molecular formula is C19H22N4O2. The number of nitrogens with zero attached hydrogens (tertiary/aromatic N) is 3. The number of hydrogen-bond acceptors (Lipinski definition) is 4. The number of imidazole rings is 1. The Balaban J connectivity index is 1.70. The number of aliphatic hydroxyl groups excluding tert-OH is 1. The van der Waals surface area contributed by atoms with Gasteiger partial charge >= 0.3 is 0 Å². The van der Waals surface area contributed by atoms with E-state index in [1.165, 1.54) is 0 Å². The van der Waals surface area contributed by atoms with Crippen LogP contribution in [0.15, 0.2) is 48.7 Å². The number of anilines is 1. The van der Waals surface area contributed by atoms with Crippen LogP contribution in [-0.2, 0) is 0 Å². The second-order valence-electron chi connectivity index (χ2n) is 6.19. The smallest absolute Gasteiger partial charge is 0.270 e. The van der Waals surface area contributed by atoms with E-state index in [1.807, 2.05) is 61.5 Å². The Kier molecular flexibility index (Phi) is 4.72. The molecular weight excluding hydrogens is 316 g/mol. The minimum absolute atomic E-state index is 0.139. The molecule has 0 aliphatic heterocycles. The summed E-state index contributed by atoms with van der Waals surface area (Å²) in [6.45, 7) is 1.94. The second kappa shape index (κ2) is 6.94. The Hall–Kier alpha value is -2.86. The first kappa shape index (κ1) is 17.0. The highest BCUT2D eigenvalue weighted by Gasteiger charge is 2.17. The van der Waals surface area contributed by atoms with E-state index < -0.39 is 6.10 Å². The van der Waals surface area contributed by atoms with Crippen LogP contribution in [0, 0.1) is 6.92 Å². The summed E-state index contributed by atoms with van der Waals surface area (Å²) in [5.74, 6) is -0.250. The lowest BCUT2D eigenvalue weighted by atomic mass is 10.1. The van der Waals surface area contributed by atoms with Gasteiger partial charge in [-0.1, -0.05) is 18.2 Å². The van der Waals surface area contributed by atoms with Gasteiger partial charge in [-0.2, -0.15) is 0 Å². The van der Waals surface area contributed by atoms with Gasteiger partial charge in [0, 0.05) is 32.5 Å². The summed E-state index contributed by atoms with van der Waals surface area (Å²) in [5.41, 5.74) is 3.70. The fourth-order valence-electron chi connectivity index (χ4n) is 2.77. The third-order valence-corrected chi connectivity index (χ3v) is 4.17. The highest BCUT2D eigenvalue weighted by molar-refractivity contribution is 5.94. The average Bonchev–Trinajstić information content (AvgIpc) is 2.95. The first-order chi connectivity index (χ1) is 12.0. The van der Waals surface area contributed by atoms with Crippen molar-refractivity contribution in [1.82, 2.24) is 14.7 Å². The normalized spacial score (nSPS) is 12.2. The first-order valence-electron chi connectivity index (χ1n) is 8.14. The number of rotatable bonds is 5. The summed E-state index contributed by atoms with van der Waals surface area (Å²) in [4.78, 5) is 18.9. The Morgan fingerprint density at radius 1 is 1.24 bits per heavy atom. The molecule has 0 spiro atoms. The van der Waals surface area contributed by atoms with Crippen LogP contribution in [0.2, 0.25) is 0 Å². The molecule has 0 unspecified atom stereocenters. The molecule has 1 atom stereocenters. The van der Waals surface area contributed by atoms with Crippen molar-refractivity contribution in [3.63, 3.8) is 0 Å². The molecule has 0 aliphatic carbocycles. The number of aliphatic hydroxyl groups is 1. The predicted molar refractivity (Wildman–Crippen MR) is 98.0 cm³/mol. The molecule has 130 valence electrons. The lowest BCUT2D eigenvalue weighted by Crippen LogP contribution is -2.29. The van der Waals surface area contributed by atoms with Gasteiger partial charge < -0.3 is 15.3 Å². The minimum atomic E-state index is -0.764. The van der Waals surface area contributed by atoms with Crippen LogP contribution < -0.4 is 10.2 Å². The Bertz CT molecular complexity index is 884. The van der Waals surface area contributed by atoms with E-state index in [4.69, 9.17) is 0 Å². The number of carbonyl (C=O) groups is 1. The number of carbonyl (C=O) groups excluding carboxylic acids is 1. The van der Waals surface area contributed by atoms with Gasteiger partial charge in [-0.3, -0.25) is 9.20 Å². The monoisotopic (exact) mass is 338 g/mol. The molecule has 3 aromatic rings. The standard InChI is InChI=1S/C19H22N4O2/c1-13-18(23-11-5-4-6-17(23)21-13)19(25)20-12-16(24)14-7-9-15(10-8-14)22(2)3/h4-11,16,24H,12H2,1-3H3,(H,20,25)/t16-/m1/s1. The fourth-order valence-corrected chi connectivity index (χ4v) is 2.77. The minimum Gasteiger partial charge on any atom is -0.387 e. The van der Waals surface area contributed by atoms with Crippen molar-refractivity contribution in [3.05, 3.63) is 65.6 Å². The van der Waals surface area contributed by atoms with Crippen LogP contribution in [0.5, 0.6) is 0 Å². The molecule has 0 saturated heterocycles. The zero-order valence-electron chi connectivity index (χ0n) is 14.6. The van der Waals surface area contributed by atoms with E-state index >= 15 is 0 Å². The number of pyridine rings is 1. The molecule has 2 heterocycles. The number of aromatic nitrogens is 2. The molecule has 6 heteroatoms. The van der Waals surface area contributed by atoms with E-state index in [0.29, 0.717) is 11.4 Å². The zero-order chi connectivity index (χ0) is 18.0. The van der Waals surface area contributed by atoms with E-state index in [0.717, 1.165) is 16.9 Å². The Morgan fingerprint density at radius 3 is 2.64 bits per heavy atom. The zero-order valence-corrected chi connectivity index (χ0v) is 14.6. The predicted octanol–water partition coefficient (Wildman–Crippen LogP) is 2.17. The quantitative estimate of drug-likeness (QED) is 0.748. The van der Waals surface area contributed by atoms with Crippen LogP contribution in [-0.4, -0.2) is 41.0 Å². The van der Waals surface area contributed by atoms with Crippen molar-refractivity contribution in [3.8, 4) is 0 Å². The molecule has 0 saturated carbocycles. The molecule has 0 fully saturated rings. The summed E-state index contributed by atoms with van der Waals surface area (Å²) in [5, 5.41) is 13.1. The maximum Gasteiger partial charge on any atom is 0.270 e. The number of benzene rings is 1. The van der Waals surface area contributed by atoms with Crippen LogP contribution in [0.4, 0.5) is 5.69 Å². The third-order valence-electron chi connectivity index (χ3n) is 4.17. The molecule has 0 radical (unpaired) electrons. The number of fused-ring (bicyclic) bond motifs is 1. The maximum atomic E-state index is 12.5. The lowest BCUT2D eigenvalue weighted by Gasteiger charge is -2.16. The Morgan fingerprint density at radius 2 is 1.96 bits per heavy atom. The van der Waals surface area contributed by atoms with Gasteiger partial charge in [0.1, 0.15) is 11.3 Å². The van der Waals surface area contributed by atoms with Crippen molar-refractivity contribution >= 4 is 17.2 Å². The van der Waals surface area contributed by atoms with Crippen molar-refractivity contribution < 1.29 is 9.90 Å². The van der Waals surface area contributed by atoms with E-state index in [-0.39, 0.29) is 12.5 Å². The molecule has 2 aromatic heterocycles. The molecule has 3 rings (SSSR count). The largest absolute Gasteiger partial charge is 0.387 e. The van der Waals surface area contributed by atoms with Gasteiger partial charge in [0.15, 0.2) is 0 Å². The van der Waals surface area contributed by atoms with Crippen molar-refractivity contribution in [1.29, 1.82) is 0 Å². The summed E-state index contributed by atoms with van der Waals surface area (Å²) in [6.07, 6.45) is 1.04. The summed E-state index contributed by atoms with van der Waals surface area (Å²) in [7, 11) is 3.92. The molecule has 0 aliphatic rings. The van der Waals surface area contributed by atoms with E-state index in [9.17, 15) is 9.90 Å². The fraction of sp³-hybridized carbons (Fsp3) is 0.263. The van der Waals surface area contributed by atoms with E-state index in [1.54, 1.807) is 17.5 Å². The summed E-state index contributed by atoms with van der Waals surface area (Å²) in [6, 6.07) is 13.2. The molecule has 1 aromatic carbocycles. The van der Waals surface area contributed by atoms with Crippen LogP contribution in [0.1, 0.15) is 27.8 Å². The van der Waals surface area contributed by atoms with Gasteiger partial charge in [0.05, 0.1) is 11.8 Å². The first-order valence-corrected chi connectivity index (χ1v) is 8.14. The van der Waals surface area contributed by atoms with E-state index in [2.05, 4.69) is 10.3 Å². The van der Waals surface area contributed by atoms with Crippen molar-refractivity contribution in [2.45, 2.75) is 13.0 Å². The third kappa shape index (κ3) is 3.49. The van der Waals surface area contributed by atoms with Crippen molar-refractivity contribution in [2.75, 3.05) is 25.5 Å². The molecule has 6 nitrogen and oxygen atoms in total. The van der Waals surface area contributed by atoms with Gasteiger partial charge in [0.25, 0.3) is 5.91 Å². The van der Waals surface area contributed by atoms with Crippen molar-refractivity contribution in [2.24, 2.45) is 0 Å². The molecule has 2 N–H and O–H groups in total. The van der Waals surface area contributed by atoms with Crippen LogP contribution in [0.25, 0.3) is 5.65 Å². The summed E-state index contributed by atoms with van der Waals surface area (Å²) >= 11 is 0. The van der Waals surface area contributed by atoms with Gasteiger partial charge in [-0.05, 0) is 36.8 Å². The number of hydrogen-bond donors (Lipinski definition) is 2. The van der Waals surface area contributed by atoms with Gasteiger partial charge in [-0.15, -0.1) is 0 Å².